The molecule has 0 bridgehead atoms. The number of carbonyl (C=O) groups excluding carboxylic acids is 1. The highest BCUT2D eigenvalue weighted by Crippen LogP contribution is 2.29. The molecule has 1 amide bonds. The number of carbonyl (C=O) groups is 1. The Hall–Kier alpha value is -2.70. The van der Waals surface area contributed by atoms with Gasteiger partial charge in [-0.05, 0) is 42.8 Å². The van der Waals surface area contributed by atoms with Gasteiger partial charge in [0.05, 0.1) is 12.3 Å². The van der Waals surface area contributed by atoms with Crippen LogP contribution >= 0.6 is 0 Å². The molecule has 0 spiro atoms. The maximum absolute atomic E-state index is 12.6. The first-order chi connectivity index (χ1) is 12.9. The van der Waals surface area contributed by atoms with Gasteiger partial charge in [0.1, 0.15) is 6.10 Å². The summed E-state index contributed by atoms with van der Waals surface area (Å²) < 4.78 is 13.1. The van der Waals surface area contributed by atoms with Crippen LogP contribution in [0.2, 0.25) is 0 Å². The summed E-state index contributed by atoms with van der Waals surface area (Å²) in [6.45, 7) is 4.66. The number of nitrogens with zero attached hydrogens (tertiary/aromatic N) is 2. The molecule has 1 aromatic heterocycles. The second-order valence-electron chi connectivity index (χ2n) is 7.24. The third kappa shape index (κ3) is 3.59. The smallest absolute Gasteiger partial charge is 0.251 e. The third-order valence-electron chi connectivity index (χ3n) is 4.80. The summed E-state index contributed by atoms with van der Waals surface area (Å²) in [6, 6.07) is 13.8. The van der Waals surface area contributed by atoms with Crippen LogP contribution < -0.4 is 5.32 Å². The number of nitrogens with one attached hydrogen (secondary N) is 1. The lowest BCUT2D eigenvalue weighted by atomic mass is 10.00. The van der Waals surface area contributed by atoms with Gasteiger partial charge in [0.25, 0.3) is 5.91 Å². The van der Waals surface area contributed by atoms with Gasteiger partial charge in [-0.15, -0.1) is 0 Å². The van der Waals surface area contributed by atoms with Crippen LogP contribution in [-0.4, -0.2) is 40.7 Å². The Bertz CT molecular complexity index is 993. The Labute approximate surface area is 158 Å². The third-order valence-corrected chi connectivity index (χ3v) is 4.80. The lowest BCUT2D eigenvalue weighted by Gasteiger charge is -2.17. The largest absolute Gasteiger partial charge is 0.349 e. The predicted octanol–water partition coefficient (Wildman–Crippen LogP) is 3.12. The first-order valence-electron chi connectivity index (χ1n) is 9.04. The molecule has 2 aromatic carbocycles. The normalized spacial score (nSPS) is 18.7. The SMILES string of the molecule is Cn1nccc1-c1cccc2cc(C(=O)NCC3COC(C)(C)O3)ccc12. The molecule has 140 valence electrons. The van der Waals surface area contributed by atoms with Crippen LogP contribution in [0, 0.1) is 0 Å². The number of hydrogen-bond donors (Lipinski definition) is 1. The van der Waals surface area contributed by atoms with Crippen LogP contribution in [-0.2, 0) is 16.5 Å². The molecule has 0 aliphatic carbocycles. The number of benzene rings is 2. The van der Waals surface area contributed by atoms with Crippen molar-refractivity contribution < 1.29 is 14.3 Å². The number of aryl methyl sites for hydroxylation is 1. The van der Waals surface area contributed by atoms with Crippen molar-refractivity contribution in [2.24, 2.45) is 7.05 Å². The summed E-state index contributed by atoms with van der Waals surface area (Å²) >= 11 is 0. The van der Waals surface area contributed by atoms with Crippen molar-refractivity contribution >= 4 is 16.7 Å². The van der Waals surface area contributed by atoms with Crippen molar-refractivity contribution in [3.05, 3.63) is 54.2 Å². The first-order valence-corrected chi connectivity index (χ1v) is 9.04. The highest BCUT2D eigenvalue weighted by atomic mass is 16.7. The van der Waals surface area contributed by atoms with E-state index in [2.05, 4.69) is 16.5 Å². The van der Waals surface area contributed by atoms with E-state index >= 15 is 0 Å². The van der Waals surface area contributed by atoms with Crippen LogP contribution in [0.25, 0.3) is 22.0 Å². The van der Waals surface area contributed by atoms with Crippen LogP contribution in [0.4, 0.5) is 0 Å². The number of amides is 1. The van der Waals surface area contributed by atoms with Gasteiger partial charge in [-0.2, -0.15) is 5.10 Å². The van der Waals surface area contributed by atoms with Crippen molar-refractivity contribution in [3.63, 3.8) is 0 Å². The van der Waals surface area contributed by atoms with Crippen LogP contribution in [0.3, 0.4) is 0 Å². The summed E-state index contributed by atoms with van der Waals surface area (Å²) in [5, 5.41) is 9.29. The van der Waals surface area contributed by atoms with Gasteiger partial charge in [-0.1, -0.05) is 24.3 Å². The lowest BCUT2D eigenvalue weighted by molar-refractivity contribution is -0.137. The summed E-state index contributed by atoms with van der Waals surface area (Å²) in [5.74, 6) is -0.697. The van der Waals surface area contributed by atoms with E-state index in [4.69, 9.17) is 9.47 Å². The van der Waals surface area contributed by atoms with E-state index in [1.54, 1.807) is 6.20 Å². The highest BCUT2D eigenvalue weighted by molar-refractivity contribution is 6.02. The topological polar surface area (TPSA) is 65.4 Å². The number of hydrogen-bond acceptors (Lipinski definition) is 4. The van der Waals surface area contributed by atoms with Gasteiger partial charge in [0.2, 0.25) is 0 Å². The highest BCUT2D eigenvalue weighted by Gasteiger charge is 2.32. The van der Waals surface area contributed by atoms with E-state index in [-0.39, 0.29) is 12.0 Å². The molecule has 1 fully saturated rings. The molecular weight excluding hydrogens is 342 g/mol. The van der Waals surface area contributed by atoms with E-state index < -0.39 is 5.79 Å². The molecule has 0 radical (unpaired) electrons. The van der Waals surface area contributed by atoms with E-state index in [1.807, 2.05) is 62.0 Å². The zero-order valence-corrected chi connectivity index (χ0v) is 15.7. The van der Waals surface area contributed by atoms with E-state index in [1.165, 1.54) is 0 Å². The molecule has 1 saturated heterocycles. The molecular formula is C21H23N3O3. The van der Waals surface area contributed by atoms with Crippen molar-refractivity contribution in [2.75, 3.05) is 13.2 Å². The lowest BCUT2D eigenvalue weighted by Crippen LogP contribution is -2.34. The standard InChI is InChI=1S/C21H23N3O3/c1-21(2)26-13-16(27-21)12-22-20(25)15-7-8-17-14(11-15)5-4-6-18(17)19-9-10-23-24(19)3/h4-11,16H,12-13H2,1-3H3,(H,22,25). The minimum atomic E-state index is -0.583. The molecule has 4 rings (SSSR count). The molecule has 2 heterocycles. The van der Waals surface area contributed by atoms with Crippen LogP contribution in [0.5, 0.6) is 0 Å². The average Bonchev–Trinajstić information content (AvgIpc) is 3.23. The summed E-state index contributed by atoms with van der Waals surface area (Å²) in [7, 11) is 1.92. The van der Waals surface area contributed by atoms with Gasteiger partial charge < -0.3 is 14.8 Å². The summed E-state index contributed by atoms with van der Waals surface area (Å²) in [6.07, 6.45) is 1.66. The summed E-state index contributed by atoms with van der Waals surface area (Å²) in [5.41, 5.74) is 2.76. The fourth-order valence-corrected chi connectivity index (χ4v) is 3.46. The maximum Gasteiger partial charge on any atom is 0.251 e. The van der Waals surface area contributed by atoms with E-state index in [9.17, 15) is 4.79 Å². The minimum Gasteiger partial charge on any atom is -0.349 e. The number of rotatable bonds is 4. The molecule has 6 heteroatoms. The predicted molar refractivity (Wildman–Crippen MR) is 103 cm³/mol. The van der Waals surface area contributed by atoms with Gasteiger partial charge in [-0.3, -0.25) is 9.48 Å². The molecule has 1 unspecified atom stereocenters. The number of ether oxygens (including phenoxy) is 2. The summed E-state index contributed by atoms with van der Waals surface area (Å²) in [4.78, 5) is 12.6. The van der Waals surface area contributed by atoms with Crippen LogP contribution in [0.15, 0.2) is 48.7 Å². The number of aromatic nitrogens is 2. The Morgan fingerprint density at radius 3 is 2.85 bits per heavy atom. The van der Waals surface area contributed by atoms with Gasteiger partial charge >= 0.3 is 0 Å². The van der Waals surface area contributed by atoms with Crippen LogP contribution in [0.1, 0.15) is 24.2 Å². The minimum absolute atomic E-state index is 0.115. The second-order valence-corrected chi connectivity index (χ2v) is 7.24. The Balaban J connectivity index is 1.54. The van der Waals surface area contributed by atoms with Gasteiger partial charge in [0, 0.05) is 30.9 Å². The van der Waals surface area contributed by atoms with Crippen molar-refractivity contribution in [1.82, 2.24) is 15.1 Å². The van der Waals surface area contributed by atoms with Crippen molar-refractivity contribution in [3.8, 4) is 11.3 Å². The molecule has 3 aromatic rings. The monoisotopic (exact) mass is 365 g/mol. The zero-order valence-electron chi connectivity index (χ0n) is 15.7. The Morgan fingerprint density at radius 1 is 1.30 bits per heavy atom. The molecule has 1 N–H and O–H groups in total. The Kier molecular flexibility index (Phi) is 4.45. The molecule has 1 atom stereocenters. The molecule has 27 heavy (non-hydrogen) atoms. The first kappa shape index (κ1) is 17.7. The fourth-order valence-electron chi connectivity index (χ4n) is 3.46. The van der Waals surface area contributed by atoms with Gasteiger partial charge in [-0.25, -0.2) is 0 Å². The average molecular weight is 365 g/mol. The maximum atomic E-state index is 12.6. The van der Waals surface area contributed by atoms with Gasteiger partial charge in [0.15, 0.2) is 5.79 Å². The molecule has 6 nitrogen and oxygen atoms in total. The van der Waals surface area contributed by atoms with Crippen molar-refractivity contribution in [2.45, 2.75) is 25.7 Å². The van der Waals surface area contributed by atoms with Crippen molar-refractivity contribution in [1.29, 1.82) is 0 Å². The van der Waals surface area contributed by atoms with E-state index in [0.717, 1.165) is 22.0 Å². The second kappa shape index (κ2) is 6.79. The molecule has 0 saturated carbocycles. The Morgan fingerprint density at radius 2 is 2.15 bits per heavy atom. The number of fused-ring (bicyclic) bond motifs is 1. The molecule has 1 aliphatic rings. The fraction of sp³-hybridized carbons (Fsp3) is 0.333. The van der Waals surface area contributed by atoms with E-state index in [0.29, 0.717) is 18.7 Å². The zero-order chi connectivity index (χ0) is 19.0. The molecule has 1 aliphatic heterocycles. The quantitative estimate of drug-likeness (QED) is 0.771.